The highest BCUT2D eigenvalue weighted by Gasteiger charge is 2.36. The number of rotatable bonds is 5. The van der Waals surface area contributed by atoms with Gasteiger partial charge in [-0.1, -0.05) is 33.1 Å². The maximum absolute atomic E-state index is 6.56. The van der Waals surface area contributed by atoms with Crippen molar-refractivity contribution in [1.29, 1.82) is 0 Å². The lowest BCUT2D eigenvalue weighted by molar-refractivity contribution is -0.0221. The Labute approximate surface area is 120 Å². The molecular formula is C15H26N2OS. The minimum atomic E-state index is -0.228. The second kappa shape index (κ2) is 5.90. The van der Waals surface area contributed by atoms with Crippen LogP contribution < -0.4 is 5.73 Å². The third-order valence-corrected chi connectivity index (χ3v) is 5.71. The van der Waals surface area contributed by atoms with Crippen molar-refractivity contribution < 1.29 is 4.74 Å². The summed E-state index contributed by atoms with van der Waals surface area (Å²) >= 11 is 1.71. The summed E-state index contributed by atoms with van der Waals surface area (Å²) in [5.74, 6) is 0. The molecule has 0 amide bonds. The number of methoxy groups -OCH3 is 1. The van der Waals surface area contributed by atoms with Gasteiger partial charge in [-0.25, -0.2) is 4.98 Å². The van der Waals surface area contributed by atoms with Gasteiger partial charge in [-0.3, -0.25) is 0 Å². The zero-order valence-corrected chi connectivity index (χ0v) is 13.2. The van der Waals surface area contributed by atoms with Crippen LogP contribution in [0, 0.1) is 0 Å². The topological polar surface area (TPSA) is 48.1 Å². The fourth-order valence-corrected chi connectivity index (χ4v) is 4.33. The molecule has 108 valence electrons. The van der Waals surface area contributed by atoms with Crippen molar-refractivity contribution in [3.8, 4) is 0 Å². The molecule has 2 N–H and O–H groups in total. The van der Waals surface area contributed by atoms with Gasteiger partial charge >= 0.3 is 0 Å². The monoisotopic (exact) mass is 282 g/mol. The van der Waals surface area contributed by atoms with E-state index in [1.807, 2.05) is 0 Å². The van der Waals surface area contributed by atoms with Crippen LogP contribution in [0.1, 0.15) is 69.5 Å². The molecule has 0 bridgehead atoms. The van der Waals surface area contributed by atoms with E-state index in [0.29, 0.717) is 0 Å². The Hall–Kier alpha value is -0.450. The second-order valence-electron chi connectivity index (χ2n) is 5.66. The van der Waals surface area contributed by atoms with E-state index in [2.05, 4.69) is 19.2 Å². The summed E-state index contributed by atoms with van der Waals surface area (Å²) in [6.07, 6.45) is 7.78. The molecule has 0 spiro atoms. The molecule has 0 aliphatic heterocycles. The van der Waals surface area contributed by atoms with Crippen molar-refractivity contribution in [1.82, 2.24) is 4.98 Å². The standard InChI is InChI=1S/C15H26N2OS/c1-4-15(5-2,18-3)13-17-12(11-19-13)14(16)9-7-6-8-10-14/h11H,4-10,16H2,1-3H3. The highest BCUT2D eigenvalue weighted by Crippen LogP contribution is 2.39. The Morgan fingerprint density at radius 3 is 2.47 bits per heavy atom. The quantitative estimate of drug-likeness (QED) is 0.890. The molecular weight excluding hydrogens is 256 g/mol. The summed E-state index contributed by atoms with van der Waals surface area (Å²) in [6.45, 7) is 4.32. The van der Waals surface area contributed by atoms with Gasteiger partial charge in [-0.2, -0.15) is 0 Å². The van der Waals surface area contributed by atoms with E-state index in [9.17, 15) is 0 Å². The zero-order chi connectivity index (χ0) is 13.9. The first-order valence-corrected chi connectivity index (χ1v) is 8.28. The molecule has 0 saturated heterocycles. The Morgan fingerprint density at radius 2 is 1.95 bits per heavy atom. The number of hydrogen-bond donors (Lipinski definition) is 1. The normalized spacial score (nSPS) is 19.6. The summed E-state index contributed by atoms with van der Waals surface area (Å²) in [7, 11) is 1.78. The van der Waals surface area contributed by atoms with Crippen LogP contribution in [-0.4, -0.2) is 12.1 Å². The van der Waals surface area contributed by atoms with Crippen molar-refractivity contribution in [2.45, 2.75) is 69.9 Å². The number of nitrogens with zero attached hydrogens (tertiary/aromatic N) is 1. The van der Waals surface area contributed by atoms with Gasteiger partial charge in [-0.05, 0) is 25.7 Å². The molecule has 1 aromatic rings. The van der Waals surface area contributed by atoms with Gasteiger partial charge in [0.05, 0.1) is 11.2 Å². The Balaban J connectivity index is 2.27. The third-order valence-electron chi connectivity index (χ3n) is 4.68. The van der Waals surface area contributed by atoms with E-state index in [4.69, 9.17) is 15.5 Å². The number of thiazole rings is 1. The van der Waals surface area contributed by atoms with Crippen molar-refractivity contribution in [3.05, 3.63) is 16.1 Å². The average Bonchev–Trinajstić information content (AvgIpc) is 2.93. The first-order valence-electron chi connectivity index (χ1n) is 7.41. The average molecular weight is 282 g/mol. The Morgan fingerprint density at radius 1 is 1.32 bits per heavy atom. The number of ether oxygens (including phenoxy) is 1. The van der Waals surface area contributed by atoms with Gasteiger partial charge in [-0.15, -0.1) is 11.3 Å². The Kier molecular flexibility index (Phi) is 4.64. The van der Waals surface area contributed by atoms with Gasteiger partial charge < -0.3 is 10.5 Å². The summed E-state index contributed by atoms with van der Waals surface area (Å²) < 4.78 is 5.76. The van der Waals surface area contributed by atoms with Crippen LogP contribution in [0.2, 0.25) is 0 Å². The first kappa shape index (κ1) is 14.9. The predicted molar refractivity (Wildman–Crippen MR) is 80.3 cm³/mol. The molecule has 1 saturated carbocycles. The van der Waals surface area contributed by atoms with Crippen molar-refractivity contribution in [2.24, 2.45) is 5.73 Å². The van der Waals surface area contributed by atoms with E-state index in [1.54, 1.807) is 18.4 Å². The van der Waals surface area contributed by atoms with Gasteiger partial charge in [0, 0.05) is 12.5 Å². The fraction of sp³-hybridized carbons (Fsp3) is 0.800. The molecule has 0 atom stereocenters. The molecule has 1 aromatic heterocycles. The SMILES string of the molecule is CCC(CC)(OC)c1nc(C2(N)CCCCC2)cs1. The van der Waals surface area contributed by atoms with Crippen LogP contribution in [0.25, 0.3) is 0 Å². The van der Waals surface area contributed by atoms with E-state index < -0.39 is 0 Å². The molecule has 1 aliphatic carbocycles. The van der Waals surface area contributed by atoms with Crippen LogP contribution in [0.3, 0.4) is 0 Å². The van der Waals surface area contributed by atoms with E-state index >= 15 is 0 Å². The van der Waals surface area contributed by atoms with Gasteiger partial charge in [0.25, 0.3) is 0 Å². The fourth-order valence-electron chi connectivity index (χ4n) is 3.08. The zero-order valence-electron chi connectivity index (χ0n) is 12.4. The highest BCUT2D eigenvalue weighted by molar-refractivity contribution is 7.09. The smallest absolute Gasteiger partial charge is 0.125 e. The largest absolute Gasteiger partial charge is 0.371 e. The molecule has 1 fully saturated rings. The van der Waals surface area contributed by atoms with Crippen molar-refractivity contribution >= 4 is 11.3 Å². The molecule has 4 heteroatoms. The maximum atomic E-state index is 6.56. The predicted octanol–water partition coefficient (Wildman–Crippen LogP) is 3.92. The summed E-state index contributed by atoms with van der Waals surface area (Å²) in [5, 5.41) is 3.24. The van der Waals surface area contributed by atoms with E-state index in [0.717, 1.165) is 36.4 Å². The molecule has 2 rings (SSSR count). The molecule has 19 heavy (non-hydrogen) atoms. The van der Waals surface area contributed by atoms with Gasteiger partial charge in [0.15, 0.2) is 0 Å². The van der Waals surface area contributed by atoms with Crippen molar-refractivity contribution in [3.63, 3.8) is 0 Å². The molecule has 1 aliphatic rings. The lowest BCUT2D eigenvalue weighted by atomic mass is 9.80. The molecule has 0 aromatic carbocycles. The number of nitrogens with two attached hydrogens (primary N) is 1. The minimum absolute atomic E-state index is 0.200. The van der Waals surface area contributed by atoms with Crippen LogP contribution in [-0.2, 0) is 15.9 Å². The highest BCUT2D eigenvalue weighted by atomic mass is 32.1. The van der Waals surface area contributed by atoms with Crippen molar-refractivity contribution in [2.75, 3.05) is 7.11 Å². The number of aromatic nitrogens is 1. The van der Waals surface area contributed by atoms with Crippen LogP contribution in [0.15, 0.2) is 5.38 Å². The lowest BCUT2D eigenvalue weighted by Crippen LogP contribution is -2.39. The Bertz CT molecular complexity index is 398. The van der Waals surface area contributed by atoms with Crippen LogP contribution >= 0.6 is 11.3 Å². The van der Waals surface area contributed by atoms with Crippen LogP contribution in [0.5, 0.6) is 0 Å². The summed E-state index contributed by atoms with van der Waals surface area (Å²) in [5.41, 5.74) is 7.22. The molecule has 3 nitrogen and oxygen atoms in total. The maximum Gasteiger partial charge on any atom is 0.125 e. The second-order valence-corrected chi connectivity index (χ2v) is 6.52. The molecule has 0 radical (unpaired) electrons. The number of hydrogen-bond acceptors (Lipinski definition) is 4. The first-order chi connectivity index (χ1) is 9.10. The lowest BCUT2D eigenvalue weighted by Gasteiger charge is -2.32. The van der Waals surface area contributed by atoms with Crippen LogP contribution in [0.4, 0.5) is 0 Å². The summed E-state index contributed by atoms with van der Waals surface area (Å²) in [4.78, 5) is 4.86. The van der Waals surface area contributed by atoms with E-state index in [-0.39, 0.29) is 11.1 Å². The molecule has 0 unspecified atom stereocenters. The minimum Gasteiger partial charge on any atom is -0.371 e. The summed E-state index contributed by atoms with van der Waals surface area (Å²) in [6, 6.07) is 0. The molecule has 1 heterocycles. The third kappa shape index (κ3) is 2.71. The van der Waals surface area contributed by atoms with Gasteiger partial charge in [0.1, 0.15) is 10.6 Å². The van der Waals surface area contributed by atoms with E-state index in [1.165, 1.54) is 19.3 Å². The van der Waals surface area contributed by atoms with Gasteiger partial charge in [0.2, 0.25) is 0 Å².